The Morgan fingerprint density at radius 1 is 0.923 bits per heavy atom. The van der Waals surface area contributed by atoms with Crippen LogP contribution in [-0.2, 0) is 9.47 Å². The summed E-state index contributed by atoms with van der Waals surface area (Å²) in [6.45, 7) is 2.40. The fourth-order valence-electron chi connectivity index (χ4n) is 2.25. The number of benzene rings is 2. The molecule has 2 aromatic rings. The predicted molar refractivity (Wildman–Crippen MR) is 97.4 cm³/mol. The van der Waals surface area contributed by atoms with E-state index in [1.807, 2.05) is 6.92 Å². The zero-order chi connectivity index (χ0) is 18.9. The van der Waals surface area contributed by atoms with Crippen molar-refractivity contribution in [3.63, 3.8) is 0 Å². The molecule has 1 amide bonds. The van der Waals surface area contributed by atoms with Crippen molar-refractivity contribution in [3.8, 4) is 0 Å². The van der Waals surface area contributed by atoms with E-state index in [0.717, 1.165) is 12.8 Å². The summed E-state index contributed by atoms with van der Waals surface area (Å²) >= 11 is 0. The summed E-state index contributed by atoms with van der Waals surface area (Å²) in [5.41, 5.74) is 1.31. The van der Waals surface area contributed by atoms with Gasteiger partial charge in [0.1, 0.15) is 0 Å². The highest BCUT2D eigenvalue weighted by atomic mass is 16.5. The molecule has 2 rings (SSSR count). The van der Waals surface area contributed by atoms with Crippen LogP contribution in [0.1, 0.15) is 50.8 Å². The highest BCUT2D eigenvalue weighted by molar-refractivity contribution is 6.11. The van der Waals surface area contributed by atoms with Crippen molar-refractivity contribution >= 4 is 23.5 Å². The van der Waals surface area contributed by atoms with Gasteiger partial charge in [0.25, 0.3) is 5.91 Å². The molecule has 136 valence electrons. The van der Waals surface area contributed by atoms with Crippen LogP contribution in [0.2, 0.25) is 0 Å². The molecule has 0 unspecified atom stereocenters. The van der Waals surface area contributed by atoms with Crippen molar-refractivity contribution in [2.75, 3.05) is 19.0 Å². The van der Waals surface area contributed by atoms with E-state index in [1.54, 1.807) is 42.5 Å². The van der Waals surface area contributed by atoms with Crippen molar-refractivity contribution in [1.29, 1.82) is 0 Å². The van der Waals surface area contributed by atoms with Gasteiger partial charge >= 0.3 is 11.9 Å². The normalized spacial score (nSPS) is 10.1. The highest BCUT2D eigenvalue weighted by Gasteiger charge is 2.17. The van der Waals surface area contributed by atoms with E-state index in [4.69, 9.17) is 4.74 Å². The minimum atomic E-state index is -0.582. The largest absolute Gasteiger partial charge is 0.465 e. The topological polar surface area (TPSA) is 81.7 Å². The lowest BCUT2D eigenvalue weighted by Gasteiger charge is -2.09. The number of ether oxygens (including phenoxy) is 2. The number of rotatable bonds is 7. The number of amides is 1. The van der Waals surface area contributed by atoms with Gasteiger partial charge in [-0.2, -0.15) is 0 Å². The standard InChI is InChI=1S/C20H21NO5/c1-3-4-13-26-19(23)14-9-11-15(12-10-14)21-18(22)16-7-5-6-8-17(16)20(24)25-2/h5-12H,3-4,13H2,1-2H3,(H,21,22). The molecule has 2 aromatic carbocycles. The van der Waals surface area contributed by atoms with Gasteiger partial charge in [0.15, 0.2) is 0 Å². The molecule has 0 atom stereocenters. The van der Waals surface area contributed by atoms with Gasteiger partial charge in [-0.15, -0.1) is 0 Å². The van der Waals surface area contributed by atoms with Gasteiger partial charge in [0.05, 0.1) is 30.4 Å². The number of hydrogen-bond acceptors (Lipinski definition) is 5. The second-order valence-corrected chi connectivity index (χ2v) is 5.56. The zero-order valence-corrected chi connectivity index (χ0v) is 14.8. The van der Waals surface area contributed by atoms with E-state index in [9.17, 15) is 14.4 Å². The fourth-order valence-corrected chi connectivity index (χ4v) is 2.25. The van der Waals surface area contributed by atoms with E-state index >= 15 is 0 Å². The number of esters is 2. The van der Waals surface area contributed by atoms with E-state index < -0.39 is 17.8 Å². The van der Waals surface area contributed by atoms with Crippen molar-refractivity contribution in [1.82, 2.24) is 0 Å². The van der Waals surface area contributed by atoms with Crippen LogP contribution in [0.3, 0.4) is 0 Å². The van der Waals surface area contributed by atoms with Crippen LogP contribution < -0.4 is 5.32 Å². The Labute approximate surface area is 152 Å². The van der Waals surface area contributed by atoms with Gasteiger partial charge < -0.3 is 14.8 Å². The fraction of sp³-hybridized carbons (Fsp3) is 0.250. The Balaban J connectivity index is 2.06. The predicted octanol–water partition coefficient (Wildman–Crippen LogP) is 3.68. The first-order valence-corrected chi connectivity index (χ1v) is 8.32. The van der Waals surface area contributed by atoms with Gasteiger partial charge in [0, 0.05) is 5.69 Å². The molecule has 0 radical (unpaired) electrons. The summed E-state index contributed by atoms with van der Waals surface area (Å²) in [5, 5.41) is 2.70. The quantitative estimate of drug-likeness (QED) is 0.605. The molecule has 0 aliphatic heterocycles. The molecular weight excluding hydrogens is 334 g/mol. The monoisotopic (exact) mass is 355 g/mol. The summed E-state index contributed by atoms with van der Waals surface area (Å²) in [7, 11) is 1.26. The number of carbonyl (C=O) groups excluding carboxylic acids is 3. The number of anilines is 1. The molecule has 0 aliphatic carbocycles. The molecule has 0 heterocycles. The summed E-state index contributed by atoms with van der Waals surface area (Å²) < 4.78 is 9.82. The van der Waals surface area contributed by atoms with Crippen molar-refractivity contribution < 1.29 is 23.9 Å². The van der Waals surface area contributed by atoms with Crippen LogP contribution in [0.15, 0.2) is 48.5 Å². The van der Waals surface area contributed by atoms with Crippen LogP contribution >= 0.6 is 0 Å². The summed E-state index contributed by atoms with van der Waals surface area (Å²) in [5.74, 6) is -1.42. The van der Waals surface area contributed by atoms with Crippen LogP contribution in [0.25, 0.3) is 0 Å². The van der Waals surface area contributed by atoms with Crippen molar-refractivity contribution in [2.24, 2.45) is 0 Å². The Hall–Kier alpha value is -3.15. The molecule has 6 nitrogen and oxygen atoms in total. The lowest BCUT2D eigenvalue weighted by atomic mass is 10.1. The van der Waals surface area contributed by atoms with Gasteiger partial charge in [-0.3, -0.25) is 4.79 Å². The number of nitrogens with one attached hydrogen (secondary N) is 1. The first-order chi connectivity index (χ1) is 12.6. The Morgan fingerprint density at radius 3 is 2.19 bits per heavy atom. The third kappa shape index (κ3) is 4.92. The van der Waals surface area contributed by atoms with Gasteiger partial charge in [-0.1, -0.05) is 25.5 Å². The summed E-state index contributed by atoms with van der Waals surface area (Å²) in [6.07, 6.45) is 1.77. The molecule has 0 spiro atoms. The number of carbonyl (C=O) groups is 3. The maximum absolute atomic E-state index is 12.4. The maximum atomic E-state index is 12.4. The van der Waals surface area contributed by atoms with Gasteiger partial charge in [-0.05, 0) is 42.8 Å². The Kier molecular flexibility index (Phi) is 6.91. The Bertz CT molecular complexity index is 783. The smallest absolute Gasteiger partial charge is 0.338 e. The molecule has 0 fully saturated rings. The molecule has 0 saturated heterocycles. The SMILES string of the molecule is CCCCOC(=O)c1ccc(NC(=O)c2ccccc2C(=O)OC)cc1. The second-order valence-electron chi connectivity index (χ2n) is 5.56. The minimum absolute atomic E-state index is 0.184. The number of hydrogen-bond donors (Lipinski definition) is 1. The Morgan fingerprint density at radius 2 is 1.58 bits per heavy atom. The van der Waals surface area contributed by atoms with Crippen molar-refractivity contribution in [3.05, 3.63) is 65.2 Å². The average molecular weight is 355 g/mol. The minimum Gasteiger partial charge on any atom is -0.465 e. The molecule has 1 N–H and O–H groups in total. The molecule has 0 bridgehead atoms. The third-order valence-electron chi connectivity index (χ3n) is 3.69. The summed E-state index contributed by atoms with van der Waals surface area (Å²) in [6, 6.07) is 12.8. The molecule has 6 heteroatoms. The van der Waals surface area contributed by atoms with E-state index in [1.165, 1.54) is 13.2 Å². The van der Waals surface area contributed by atoms with Gasteiger partial charge in [0.2, 0.25) is 0 Å². The second kappa shape index (κ2) is 9.36. The lowest BCUT2D eigenvalue weighted by Crippen LogP contribution is -2.17. The first-order valence-electron chi connectivity index (χ1n) is 8.32. The third-order valence-corrected chi connectivity index (χ3v) is 3.69. The van der Waals surface area contributed by atoms with Gasteiger partial charge in [-0.25, -0.2) is 9.59 Å². The molecule has 0 saturated carbocycles. The van der Waals surface area contributed by atoms with Crippen LogP contribution in [0, 0.1) is 0 Å². The zero-order valence-electron chi connectivity index (χ0n) is 14.8. The van der Waals surface area contributed by atoms with Crippen LogP contribution in [-0.4, -0.2) is 31.6 Å². The molecule has 0 aromatic heterocycles. The van der Waals surface area contributed by atoms with E-state index in [-0.39, 0.29) is 11.1 Å². The molecular formula is C20H21NO5. The first kappa shape index (κ1) is 19.2. The van der Waals surface area contributed by atoms with Crippen LogP contribution in [0.5, 0.6) is 0 Å². The maximum Gasteiger partial charge on any atom is 0.338 e. The molecule has 26 heavy (non-hydrogen) atoms. The highest BCUT2D eigenvalue weighted by Crippen LogP contribution is 2.15. The average Bonchev–Trinajstić information content (AvgIpc) is 2.68. The number of methoxy groups -OCH3 is 1. The van der Waals surface area contributed by atoms with Crippen LogP contribution in [0.4, 0.5) is 5.69 Å². The van der Waals surface area contributed by atoms with Crippen molar-refractivity contribution in [2.45, 2.75) is 19.8 Å². The summed E-state index contributed by atoms with van der Waals surface area (Å²) in [4.78, 5) is 36.1. The lowest BCUT2D eigenvalue weighted by molar-refractivity contribution is 0.0499. The van der Waals surface area contributed by atoms with E-state index in [2.05, 4.69) is 10.1 Å². The number of unbranched alkanes of at least 4 members (excludes halogenated alkanes) is 1. The molecule has 0 aliphatic rings. The van der Waals surface area contributed by atoms with E-state index in [0.29, 0.717) is 17.9 Å².